The fourth-order valence-electron chi connectivity index (χ4n) is 7.59. The summed E-state index contributed by atoms with van der Waals surface area (Å²) in [6.07, 6.45) is -1.46. The van der Waals surface area contributed by atoms with Crippen molar-refractivity contribution in [2.75, 3.05) is 13.7 Å². The molecule has 2 aliphatic rings. The predicted molar refractivity (Wildman–Crippen MR) is 190 cm³/mol. The molecule has 0 aliphatic carbocycles. The first-order chi connectivity index (χ1) is 22.5. The van der Waals surface area contributed by atoms with Gasteiger partial charge in [-0.05, 0) is 33.8 Å². The first kappa shape index (κ1) is 35.9. The molecule has 0 N–H and O–H groups in total. The Morgan fingerprint density at radius 3 is 1.72 bits per heavy atom. The van der Waals surface area contributed by atoms with E-state index >= 15 is 0 Å². The number of rotatable bonds is 11. The molecule has 2 aliphatic heterocycles. The molecule has 0 aromatic heterocycles. The van der Waals surface area contributed by atoms with Gasteiger partial charge in [-0.1, -0.05) is 139 Å². The van der Waals surface area contributed by atoms with Crippen LogP contribution < -0.4 is 10.4 Å². The van der Waals surface area contributed by atoms with E-state index in [4.69, 9.17) is 28.1 Å². The zero-order chi connectivity index (χ0) is 33.8. The first-order valence-corrected chi connectivity index (χ1v) is 19.3. The van der Waals surface area contributed by atoms with Gasteiger partial charge in [-0.3, -0.25) is 0 Å². The maximum absolute atomic E-state index is 7.39. The van der Waals surface area contributed by atoms with E-state index in [0.717, 1.165) is 5.56 Å². The molecule has 4 unspecified atom stereocenters. The van der Waals surface area contributed by atoms with Crippen LogP contribution in [-0.2, 0) is 34.7 Å². The zero-order valence-corrected chi connectivity index (χ0v) is 30.8. The van der Waals surface area contributed by atoms with E-state index in [2.05, 4.69) is 140 Å². The molecule has 10 atom stereocenters. The molecule has 2 saturated heterocycles. The summed E-state index contributed by atoms with van der Waals surface area (Å²) in [4.78, 5) is 0. The van der Waals surface area contributed by atoms with Gasteiger partial charge in [0, 0.05) is 24.9 Å². The van der Waals surface area contributed by atoms with E-state index in [0.29, 0.717) is 13.2 Å². The number of hydrogen-bond donors (Lipinski definition) is 0. The van der Waals surface area contributed by atoms with Gasteiger partial charge in [-0.25, -0.2) is 0 Å². The highest BCUT2D eigenvalue weighted by atomic mass is 28.4. The number of methoxy groups -OCH3 is 1. The molecule has 2 heterocycles. The zero-order valence-electron chi connectivity index (χ0n) is 29.8. The largest absolute Gasteiger partial charge is 0.405 e. The highest BCUT2D eigenvalue weighted by Crippen LogP contribution is 2.41. The topological polar surface area (TPSA) is 55.4 Å². The Kier molecular flexibility index (Phi) is 11.8. The van der Waals surface area contributed by atoms with Gasteiger partial charge in [0.25, 0.3) is 8.32 Å². The molecular formula is C40H56O6Si. The Morgan fingerprint density at radius 1 is 0.638 bits per heavy atom. The van der Waals surface area contributed by atoms with Crippen molar-refractivity contribution in [2.45, 2.75) is 104 Å². The molecule has 47 heavy (non-hydrogen) atoms. The molecule has 0 amide bonds. The normalized spacial score (nSPS) is 31.9. The molecule has 6 nitrogen and oxygen atoms in total. The van der Waals surface area contributed by atoms with Gasteiger partial charge in [0.15, 0.2) is 12.6 Å². The van der Waals surface area contributed by atoms with Gasteiger partial charge < -0.3 is 28.1 Å². The maximum Gasteiger partial charge on any atom is 0.261 e. The summed E-state index contributed by atoms with van der Waals surface area (Å²) in [5, 5.41) is 2.32. The van der Waals surface area contributed by atoms with Crippen LogP contribution in [0.5, 0.6) is 0 Å². The first-order valence-electron chi connectivity index (χ1n) is 17.4. The minimum atomic E-state index is -2.80. The van der Waals surface area contributed by atoms with Crippen LogP contribution in [0.25, 0.3) is 0 Å². The minimum Gasteiger partial charge on any atom is -0.405 e. The monoisotopic (exact) mass is 660 g/mol. The second-order valence-corrected chi connectivity index (χ2v) is 19.1. The summed E-state index contributed by atoms with van der Waals surface area (Å²) < 4.78 is 40.2. The standard InChI is InChI=1S/C40H56O6Si/c1-27-28(2)38(41-9)45-35(26-43-47(40(6,7)8,33-21-15-11-16-22-33)34-23-17-12-18-24-34)37(27)46-39-30(4)36(29(3)31(5)44-39)42-25-32-19-13-10-14-20-32/h10-24,27-31,35-39H,25-26H2,1-9H3/t27-,28?,29-,30?,31?,35?,36-,37+,38+,39+/m1/s1. The van der Waals surface area contributed by atoms with Crippen molar-refractivity contribution >= 4 is 18.7 Å². The Bertz CT molecular complexity index is 1330. The third-order valence-electron chi connectivity index (χ3n) is 10.7. The quantitative estimate of drug-likeness (QED) is 0.203. The van der Waals surface area contributed by atoms with Crippen LogP contribution in [0.1, 0.15) is 61.0 Å². The maximum atomic E-state index is 7.39. The summed E-state index contributed by atoms with van der Waals surface area (Å²) >= 11 is 0. The van der Waals surface area contributed by atoms with Crippen molar-refractivity contribution in [3.63, 3.8) is 0 Å². The van der Waals surface area contributed by atoms with Crippen molar-refractivity contribution < 1.29 is 28.1 Å². The number of ether oxygens (including phenoxy) is 5. The average Bonchev–Trinajstić information content (AvgIpc) is 3.07. The molecular weight excluding hydrogens is 605 g/mol. The summed E-state index contributed by atoms with van der Waals surface area (Å²) in [5.41, 5.74) is 1.16. The lowest BCUT2D eigenvalue weighted by Crippen LogP contribution is -2.68. The van der Waals surface area contributed by atoms with Crippen molar-refractivity contribution in [2.24, 2.45) is 23.7 Å². The van der Waals surface area contributed by atoms with E-state index < -0.39 is 14.6 Å². The molecule has 0 spiro atoms. The highest BCUT2D eigenvalue weighted by molar-refractivity contribution is 6.99. The SMILES string of the molecule is CO[C@H]1OC(CO[Si](c2ccccc2)(c2ccccc2)C(C)(C)C)[C@@H](O[C@@H]2OC(C)[C@@H](C)[C@@H](OCc3ccccc3)C2C)[C@H](C)C1C. The lowest BCUT2D eigenvalue weighted by molar-refractivity contribution is -0.328. The van der Waals surface area contributed by atoms with E-state index in [9.17, 15) is 0 Å². The van der Waals surface area contributed by atoms with E-state index in [1.807, 2.05) is 6.07 Å². The Hall–Kier alpha value is -2.36. The fourth-order valence-corrected chi connectivity index (χ4v) is 12.2. The fraction of sp³-hybridized carbons (Fsp3) is 0.550. The second kappa shape index (κ2) is 15.5. The molecule has 0 bridgehead atoms. The summed E-state index contributed by atoms with van der Waals surface area (Å²) in [7, 11) is -1.08. The molecule has 0 saturated carbocycles. The Morgan fingerprint density at radius 2 is 1.19 bits per heavy atom. The van der Waals surface area contributed by atoms with Crippen molar-refractivity contribution in [1.82, 2.24) is 0 Å². The number of hydrogen-bond acceptors (Lipinski definition) is 6. The second-order valence-electron chi connectivity index (χ2n) is 14.8. The van der Waals surface area contributed by atoms with Crippen molar-refractivity contribution in [1.29, 1.82) is 0 Å². The van der Waals surface area contributed by atoms with Crippen LogP contribution in [0.4, 0.5) is 0 Å². The van der Waals surface area contributed by atoms with Crippen LogP contribution in [0.15, 0.2) is 91.0 Å². The van der Waals surface area contributed by atoms with Gasteiger partial charge in [0.05, 0.1) is 31.5 Å². The van der Waals surface area contributed by atoms with Crippen LogP contribution in [0, 0.1) is 23.7 Å². The summed E-state index contributed by atoms with van der Waals surface area (Å²) in [6, 6.07) is 31.8. The molecule has 5 rings (SSSR count). The lowest BCUT2D eigenvalue weighted by atomic mass is 9.83. The van der Waals surface area contributed by atoms with E-state index in [1.54, 1.807) is 7.11 Å². The molecule has 3 aromatic rings. The summed E-state index contributed by atoms with van der Waals surface area (Å²) in [6.45, 7) is 18.8. The minimum absolute atomic E-state index is 0.0141. The van der Waals surface area contributed by atoms with Gasteiger partial charge in [-0.2, -0.15) is 0 Å². The average molecular weight is 661 g/mol. The van der Waals surface area contributed by atoms with Crippen LogP contribution >= 0.6 is 0 Å². The third-order valence-corrected chi connectivity index (χ3v) is 15.7. The van der Waals surface area contributed by atoms with Crippen molar-refractivity contribution in [3.8, 4) is 0 Å². The smallest absolute Gasteiger partial charge is 0.261 e. The molecule has 2 fully saturated rings. The van der Waals surface area contributed by atoms with Gasteiger partial charge >= 0.3 is 0 Å². The summed E-state index contributed by atoms with van der Waals surface area (Å²) in [5.74, 6) is 0.496. The highest BCUT2D eigenvalue weighted by Gasteiger charge is 2.53. The molecule has 7 heteroatoms. The Labute approximate surface area is 284 Å². The van der Waals surface area contributed by atoms with Crippen LogP contribution in [0.3, 0.4) is 0 Å². The number of benzene rings is 3. The molecule has 0 radical (unpaired) electrons. The van der Waals surface area contributed by atoms with E-state index in [-0.39, 0.29) is 59.4 Å². The van der Waals surface area contributed by atoms with Crippen molar-refractivity contribution in [3.05, 3.63) is 96.6 Å². The lowest BCUT2D eigenvalue weighted by Gasteiger charge is -2.50. The molecule has 256 valence electrons. The third kappa shape index (κ3) is 7.62. The predicted octanol–water partition coefficient (Wildman–Crippen LogP) is 7.19. The molecule has 3 aromatic carbocycles. The Balaban J connectivity index is 1.43. The van der Waals surface area contributed by atoms with Crippen LogP contribution in [0.2, 0.25) is 5.04 Å². The van der Waals surface area contributed by atoms with Gasteiger partial charge in [0.1, 0.15) is 6.10 Å². The van der Waals surface area contributed by atoms with Gasteiger partial charge in [-0.15, -0.1) is 0 Å². The van der Waals surface area contributed by atoms with Crippen LogP contribution in [-0.4, -0.2) is 59.0 Å². The van der Waals surface area contributed by atoms with E-state index in [1.165, 1.54) is 10.4 Å². The van der Waals surface area contributed by atoms with Gasteiger partial charge in [0.2, 0.25) is 0 Å².